The highest BCUT2D eigenvalue weighted by atomic mass is 33.1. The fourth-order valence-electron chi connectivity index (χ4n) is 2.05. The standard InChI is InChI=1S/C10H20N2O3S2/c11-10(8-16-17(13,14)15)12-7-6-9-4-2-1-3-5-9/h9H,1-8H2,(H2,11,12)(H,13,14,15). The van der Waals surface area contributed by atoms with Gasteiger partial charge in [0.1, 0.15) is 5.84 Å². The van der Waals surface area contributed by atoms with Gasteiger partial charge < -0.3 is 5.73 Å². The quantitative estimate of drug-likeness (QED) is 0.335. The number of hydrogen-bond acceptors (Lipinski definition) is 4. The molecule has 7 heteroatoms. The minimum absolute atomic E-state index is 0.0312. The molecule has 0 bridgehead atoms. The van der Waals surface area contributed by atoms with Crippen LogP contribution in [0.5, 0.6) is 0 Å². The summed E-state index contributed by atoms with van der Waals surface area (Å²) in [6.45, 7) is 0.655. The molecule has 0 heterocycles. The molecular weight excluding hydrogens is 260 g/mol. The van der Waals surface area contributed by atoms with Crippen LogP contribution in [-0.2, 0) is 9.15 Å². The van der Waals surface area contributed by atoms with Crippen LogP contribution in [0.15, 0.2) is 4.99 Å². The lowest BCUT2D eigenvalue weighted by atomic mass is 9.87. The van der Waals surface area contributed by atoms with Gasteiger partial charge in [-0.1, -0.05) is 32.1 Å². The summed E-state index contributed by atoms with van der Waals surface area (Å²) in [4.78, 5) is 4.12. The lowest BCUT2D eigenvalue weighted by Gasteiger charge is -2.20. The first-order valence-electron chi connectivity index (χ1n) is 5.88. The van der Waals surface area contributed by atoms with E-state index in [0.717, 1.165) is 12.3 Å². The zero-order valence-corrected chi connectivity index (χ0v) is 11.5. The van der Waals surface area contributed by atoms with Gasteiger partial charge in [-0.15, -0.1) is 0 Å². The fraction of sp³-hybridized carbons (Fsp3) is 0.900. The predicted molar refractivity (Wildman–Crippen MR) is 71.7 cm³/mol. The maximum Gasteiger partial charge on any atom is 0.320 e. The summed E-state index contributed by atoms with van der Waals surface area (Å²) >= 11 is 0. The molecule has 0 spiro atoms. The Labute approximate surface area is 106 Å². The van der Waals surface area contributed by atoms with Gasteiger partial charge in [-0.25, -0.2) is 0 Å². The van der Waals surface area contributed by atoms with E-state index in [1.165, 1.54) is 32.1 Å². The minimum Gasteiger partial charge on any atom is -0.387 e. The van der Waals surface area contributed by atoms with Crippen molar-refractivity contribution in [1.82, 2.24) is 0 Å². The second kappa shape index (κ2) is 7.23. The van der Waals surface area contributed by atoms with Crippen molar-refractivity contribution in [3.8, 4) is 0 Å². The molecule has 100 valence electrons. The Balaban J connectivity index is 2.18. The normalized spacial score (nSPS) is 19.5. The van der Waals surface area contributed by atoms with Crippen LogP contribution >= 0.6 is 10.8 Å². The van der Waals surface area contributed by atoms with Crippen LogP contribution in [0.25, 0.3) is 0 Å². The lowest BCUT2D eigenvalue weighted by molar-refractivity contribution is 0.343. The van der Waals surface area contributed by atoms with Crippen molar-refractivity contribution in [2.24, 2.45) is 16.6 Å². The third kappa shape index (κ3) is 7.62. The molecule has 0 atom stereocenters. The average molecular weight is 280 g/mol. The van der Waals surface area contributed by atoms with Crippen molar-refractivity contribution in [1.29, 1.82) is 0 Å². The number of rotatable bonds is 6. The maximum atomic E-state index is 10.5. The first-order valence-corrected chi connectivity index (χ1v) is 8.82. The van der Waals surface area contributed by atoms with Crippen molar-refractivity contribution in [2.45, 2.75) is 38.5 Å². The number of nitrogens with zero attached hydrogens (tertiary/aromatic N) is 1. The first kappa shape index (κ1) is 14.8. The average Bonchev–Trinajstić information content (AvgIpc) is 2.27. The van der Waals surface area contributed by atoms with E-state index in [9.17, 15) is 8.42 Å². The SMILES string of the molecule is NC(CSS(=O)(=O)O)=NCCC1CCCCC1. The molecule has 1 fully saturated rings. The molecule has 0 amide bonds. The minimum atomic E-state index is -4.01. The molecule has 17 heavy (non-hydrogen) atoms. The van der Waals surface area contributed by atoms with Crippen LogP contribution in [0.3, 0.4) is 0 Å². The summed E-state index contributed by atoms with van der Waals surface area (Å²) in [5.74, 6) is 1.06. The van der Waals surface area contributed by atoms with E-state index >= 15 is 0 Å². The van der Waals surface area contributed by atoms with Crippen molar-refractivity contribution in [2.75, 3.05) is 12.3 Å². The molecule has 1 rings (SSSR count). The molecule has 1 saturated carbocycles. The molecule has 0 aromatic heterocycles. The molecular formula is C10H20N2O3S2. The Bertz CT molecular complexity index is 349. The summed E-state index contributed by atoms with van der Waals surface area (Å²) in [5.41, 5.74) is 5.55. The van der Waals surface area contributed by atoms with Gasteiger partial charge in [0.05, 0.1) is 5.75 Å². The monoisotopic (exact) mass is 280 g/mol. The molecule has 0 radical (unpaired) electrons. The predicted octanol–water partition coefficient (Wildman–Crippen LogP) is 1.85. The molecule has 1 aliphatic carbocycles. The van der Waals surface area contributed by atoms with E-state index in [0.29, 0.717) is 17.3 Å². The van der Waals surface area contributed by atoms with Crippen LogP contribution in [0.2, 0.25) is 0 Å². The third-order valence-electron chi connectivity index (χ3n) is 2.93. The lowest BCUT2D eigenvalue weighted by Crippen LogP contribution is -2.17. The summed E-state index contributed by atoms with van der Waals surface area (Å²) in [6, 6.07) is 0. The zero-order valence-electron chi connectivity index (χ0n) is 9.84. The van der Waals surface area contributed by atoms with Crippen molar-refractivity contribution >= 4 is 25.8 Å². The summed E-state index contributed by atoms with van der Waals surface area (Å²) < 4.78 is 29.5. The maximum absolute atomic E-state index is 10.5. The Kier molecular flexibility index (Phi) is 6.29. The summed E-state index contributed by atoms with van der Waals surface area (Å²) in [7, 11) is -3.61. The Morgan fingerprint density at radius 1 is 1.35 bits per heavy atom. The second-order valence-corrected chi connectivity index (χ2v) is 7.71. The topological polar surface area (TPSA) is 92.8 Å². The molecule has 1 aliphatic rings. The van der Waals surface area contributed by atoms with Crippen molar-refractivity contribution < 1.29 is 13.0 Å². The van der Waals surface area contributed by atoms with E-state index in [1.807, 2.05) is 0 Å². The summed E-state index contributed by atoms with van der Waals surface area (Å²) in [5, 5.41) is 0. The van der Waals surface area contributed by atoms with Gasteiger partial charge in [-0.3, -0.25) is 9.55 Å². The molecule has 3 N–H and O–H groups in total. The van der Waals surface area contributed by atoms with E-state index in [2.05, 4.69) is 4.99 Å². The third-order valence-corrected chi connectivity index (χ3v) is 4.89. The fourth-order valence-corrected chi connectivity index (χ4v) is 3.22. The Hall–Kier alpha value is -0.270. The molecule has 0 unspecified atom stereocenters. The smallest absolute Gasteiger partial charge is 0.320 e. The van der Waals surface area contributed by atoms with Gasteiger partial charge in [0.2, 0.25) is 0 Å². The van der Waals surface area contributed by atoms with Gasteiger partial charge in [-0.05, 0) is 12.3 Å². The Morgan fingerprint density at radius 3 is 2.59 bits per heavy atom. The van der Waals surface area contributed by atoms with Crippen LogP contribution in [-0.4, -0.2) is 31.1 Å². The molecule has 0 saturated heterocycles. The van der Waals surface area contributed by atoms with Crippen LogP contribution in [0.1, 0.15) is 38.5 Å². The zero-order chi connectivity index (χ0) is 12.7. The van der Waals surface area contributed by atoms with Gasteiger partial charge in [0, 0.05) is 17.3 Å². The van der Waals surface area contributed by atoms with E-state index in [4.69, 9.17) is 10.3 Å². The molecule has 0 aromatic carbocycles. The van der Waals surface area contributed by atoms with Crippen LogP contribution in [0, 0.1) is 5.92 Å². The van der Waals surface area contributed by atoms with Gasteiger partial charge in [-0.2, -0.15) is 8.42 Å². The molecule has 0 aromatic rings. The van der Waals surface area contributed by atoms with Gasteiger partial charge in [0.25, 0.3) is 0 Å². The highest BCUT2D eigenvalue weighted by Crippen LogP contribution is 2.26. The summed E-state index contributed by atoms with van der Waals surface area (Å²) in [6.07, 6.45) is 7.53. The Morgan fingerprint density at radius 2 is 2.00 bits per heavy atom. The number of amidine groups is 1. The van der Waals surface area contributed by atoms with Crippen LogP contribution in [0.4, 0.5) is 0 Å². The van der Waals surface area contributed by atoms with Crippen LogP contribution < -0.4 is 5.73 Å². The van der Waals surface area contributed by atoms with Gasteiger partial charge >= 0.3 is 9.15 Å². The van der Waals surface area contributed by atoms with E-state index < -0.39 is 9.15 Å². The highest BCUT2D eigenvalue weighted by molar-refractivity contribution is 8.70. The molecule has 0 aliphatic heterocycles. The second-order valence-electron chi connectivity index (χ2n) is 4.36. The number of hydrogen-bond donors (Lipinski definition) is 2. The van der Waals surface area contributed by atoms with Gasteiger partial charge in [0.15, 0.2) is 0 Å². The molecule has 5 nitrogen and oxygen atoms in total. The van der Waals surface area contributed by atoms with Crippen molar-refractivity contribution in [3.63, 3.8) is 0 Å². The number of aliphatic imine (C=N–C) groups is 1. The number of nitrogens with two attached hydrogens (primary N) is 1. The highest BCUT2D eigenvalue weighted by Gasteiger charge is 2.12. The van der Waals surface area contributed by atoms with Crippen molar-refractivity contribution in [3.05, 3.63) is 0 Å². The first-order chi connectivity index (χ1) is 7.97. The van der Waals surface area contributed by atoms with E-state index in [1.54, 1.807) is 0 Å². The largest absolute Gasteiger partial charge is 0.387 e. The van der Waals surface area contributed by atoms with E-state index in [-0.39, 0.29) is 11.6 Å².